The first kappa shape index (κ1) is 12.6. The first-order valence-electron chi connectivity index (χ1n) is 7.03. The maximum Gasteiger partial charge on any atom is 0.270 e. The van der Waals surface area contributed by atoms with Crippen molar-refractivity contribution in [3.8, 4) is 0 Å². The van der Waals surface area contributed by atoms with Crippen molar-refractivity contribution < 1.29 is 4.79 Å². The number of nitrogens with zero attached hydrogens (tertiary/aromatic N) is 2. The predicted molar refractivity (Wildman–Crippen MR) is 83.6 cm³/mol. The largest absolute Gasteiger partial charge is 0.351 e. The molecule has 0 radical (unpaired) electrons. The van der Waals surface area contributed by atoms with Gasteiger partial charge in [0.2, 0.25) is 0 Å². The van der Waals surface area contributed by atoms with Crippen LogP contribution in [-0.2, 0) is 13.0 Å². The van der Waals surface area contributed by atoms with E-state index in [0.717, 1.165) is 34.6 Å². The Bertz CT molecular complexity index is 800. The summed E-state index contributed by atoms with van der Waals surface area (Å²) in [5.41, 5.74) is 2.84. The van der Waals surface area contributed by atoms with Crippen molar-refractivity contribution in [1.82, 2.24) is 14.9 Å². The first-order chi connectivity index (χ1) is 10.2. The smallest absolute Gasteiger partial charge is 0.270 e. The minimum atomic E-state index is 0.0721. The molecule has 4 nitrogen and oxygen atoms in total. The summed E-state index contributed by atoms with van der Waals surface area (Å²) in [4.78, 5) is 23.5. The van der Waals surface area contributed by atoms with Gasteiger partial charge in [0.05, 0.1) is 17.2 Å². The van der Waals surface area contributed by atoms with Crippen LogP contribution in [0.1, 0.15) is 26.1 Å². The van der Waals surface area contributed by atoms with E-state index in [1.807, 2.05) is 42.2 Å². The van der Waals surface area contributed by atoms with E-state index in [0.29, 0.717) is 12.2 Å². The Kier molecular flexibility index (Phi) is 2.82. The molecule has 0 spiro atoms. The molecule has 21 heavy (non-hydrogen) atoms. The zero-order chi connectivity index (χ0) is 14.4. The zero-order valence-corrected chi connectivity index (χ0v) is 12.5. The Balaban J connectivity index is 1.63. The number of para-hydroxylation sites is 1. The average molecular weight is 297 g/mol. The summed E-state index contributed by atoms with van der Waals surface area (Å²) in [6.45, 7) is 3.44. The molecule has 1 N–H and O–H groups in total. The summed E-state index contributed by atoms with van der Waals surface area (Å²) < 4.78 is 0. The number of benzene rings is 1. The van der Waals surface area contributed by atoms with Crippen molar-refractivity contribution in [2.75, 3.05) is 6.54 Å². The molecular weight excluding hydrogens is 282 g/mol. The number of hydrogen-bond donors (Lipinski definition) is 1. The van der Waals surface area contributed by atoms with Gasteiger partial charge in [0, 0.05) is 28.7 Å². The number of aromatic nitrogens is 2. The Morgan fingerprint density at radius 1 is 1.38 bits per heavy atom. The van der Waals surface area contributed by atoms with Crippen LogP contribution in [0.15, 0.2) is 30.3 Å². The third kappa shape index (κ3) is 2.14. The molecule has 106 valence electrons. The number of H-pyrrole nitrogens is 1. The van der Waals surface area contributed by atoms with Gasteiger partial charge in [-0.05, 0) is 19.1 Å². The number of fused-ring (bicyclic) bond motifs is 2. The van der Waals surface area contributed by atoms with Crippen molar-refractivity contribution >= 4 is 28.1 Å². The standard InChI is InChI=1S/C16H15N3OS/c1-10-17-13-6-7-19(9-15(13)21-10)16(20)14-8-11-4-2-3-5-12(11)18-14/h2-5,8,18H,6-7,9H2,1H3. The lowest BCUT2D eigenvalue weighted by molar-refractivity contribution is 0.0731. The topological polar surface area (TPSA) is 49.0 Å². The van der Waals surface area contributed by atoms with Crippen LogP contribution in [-0.4, -0.2) is 27.3 Å². The van der Waals surface area contributed by atoms with Gasteiger partial charge in [-0.25, -0.2) is 4.98 Å². The van der Waals surface area contributed by atoms with Crippen LogP contribution in [0.2, 0.25) is 0 Å². The number of aromatic amines is 1. The summed E-state index contributed by atoms with van der Waals surface area (Å²) in [5.74, 6) is 0.0721. The Morgan fingerprint density at radius 3 is 3.10 bits per heavy atom. The first-order valence-corrected chi connectivity index (χ1v) is 7.84. The molecule has 1 aliphatic heterocycles. The summed E-state index contributed by atoms with van der Waals surface area (Å²) in [5, 5.41) is 2.16. The molecular formula is C16H15N3OS. The second-order valence-electron chi connectivity index (χ2n) is 5.35. The number of thiazole rings is 1. The Hall–Kier alpha value is -2.14. The molecule has 4 rings (SSSR count). The molecule has 0 bridgehead atoms. The summed E-state index contributed by atoms with van der Waals surface area (Å²) in [7, 11) is 0. The van der Waals surface area contributed by atoms with Gasteiger partial charge < -0.3 is 9.88 Å². The maximum atomic E-state index is 12.7. The van der Waals surface area contributed by atoms with E-state index in [2.05, 4.69) is 9.97 Å². The molecule has 0 saturated heterocycles. The highest BCUT2D eigenvalue weighted by atomic mass is 32.1. The Morgan fingerprint density at radius 2 is 2.24 bits per heavy atom. The average Bonchev–Trinajstić information content (AvgIpc) is 3.07. The van der Waals surface area contributed by atoms with Gasteiger partial charge in [0.25, 0.3) is 5.91 Å². The van der Waals surface area contributed by atoms with Gasteiger partial charge in [-0.3, -0.25) is 4.79 Å². The summed E-state index contributed by atoms with van der Waals surface area (Å²) in [6.07, 6.45) is 0.853. The summed E-state index contributed by atoms with van der Waals surface area (Å²) >= 11 is 1.70. The van der Waals surface area contributed by atoms with E-state index in [1.165, 1.54) is 4.88 Å². The molecule has 1 amide bonds. The van der Waals surface area contributed by atoms with Gasteiger partial charge in [-0.15, -0.1) is 11.3 Å². The van der Waals surface area contributed by atoms with Crippen molar-refractivity contribution in [2.24, 2.45) is 0 Å². The van der Waals surface area contributed by atoms with E-state index in [1.54, 1.807) is 11.3 Å². The third-order valence-electron chi connectivity index (χ3n) is 3.89. The van der Waals surface area contributed by atoms with Gasteiger partial charge in [-0.2, -0.15) is 0 Å². The Labute approximate surface area is 126 Å². The van der Waals surface area contributed by atoms with Crippen molar-refractivity contribution in [2.45, 2.75) is 19.9 Å². The third-order valence-corrected chi connectivity index (χ3v) is 4.88. The van der Waals surface area contributed by atoms with Crippen LogP contribution in [0.4, 0.5) is 0 Å². The van der Waals surface area contributed by atoms with Crippen LogP contribution < -0.4 is 0 Å². The van der Waals surface area contributed by atoms with E-state index in [9.17, 15) is 4.79 Å². The fraction of sp³-hybridized carbons (Fsp3) is 0.250. The highest BCUT2D eigenvalue weighted by molar-refractivity contribution is 7.11. The summed E-state index contributed by atoms with van der Waals surface area (Å²) in [6, 6.07) is 9.90. The highest BCUT2D eigenvalue weighted by Gasteiger charge is 2.25. The number of aryl methyl sites for hydroxylation is 1. The van der Waals surface area contributed by atoms with Gasteiger partial charge in [-0.1, -0.05) is 18.2 Å². The number of amides is 1. The lowest BCUT2D eigenvalue weighted by Crippen LogP contribution is -2.35. The highest BCUT2D eigenvalue weighted by Crippen LogP contribution is 2.26. The number of carbonyl (C=O) groups is 1. The van der Waals surface area contributed by atoms with Crippen LogP contribution >= 0.6 is 11.3 Å². The molecule has 2 aromatic heterocycles. The second-order valence-corrected chi connectivity index (χ2v) is 6.64. The lowest BCUT2D eigenvalue weighted by atomic mass is 10.1. The lowest BCUT2D eigenvalue weighted by Gasteiger charge is -2.25. The zero-order valence-electron chi connectivity index (χ0n) is 11.7. The predicted octanol–water partition coefficient (Wildman–Crippen LogP) is 3.13. The number of rotatable bonds is 1. The minimum Gasteiger partial charge on any atom is -0.351 e. The molecule has 0 aliphatic carbocycles. The molecule has 5 heteroatoms. The molecule has 0 saturated carbocycles. The normalized spacial score (nSPS) is 14.4. The van der Waals surface area contributed by atoms with Gasteiger partial charge >= 0.3 is 0 Å². The fourth-order valence-corrected chi connectivity index (χ4v) is 3.86. The van der Waals surface area contributed by atoms with Crippen LogP contribution in [0.3, 0.4) is 0 Å². The molecule has 0 fully saturated rings. The SMILES string of the molecule is Cc1nc2c(s1)CN(C(=O)c1cc3ccccc3[nH]1)CC2. The van der Waals surface area contributed by atoms with Crippen molar-refractivity contribution in [3.05, 3.63) is 51.6 Å². The quantitative estimate of drug-likeness (QED) is 0.750. The van der Waals surface area contributed by atoms with Gasteiger partial charge in [0.1, 0.15) is 5.69 Å². The molecule has 0 atom stereocenters. The number of nitrogens with one attached hydrogen (secondary N) is 1. The fourth-order valence-electron chi connectivity index (χ4n) is 2.86. The molecule has 3 aromatic rings. The van der Waals surface area contributed by atoms with Crippen LogP contribution in [0, 0.1) is 6.92 Å². The molecule has 3 heterocycles. The van der Waals surface area contributed by atoms with Crippen LogP contribution in [0.25, 0.3) is 10.9 Å². The molecule has 0 unspecified atom stereocenters. The molecule has 1 aliphatic rings. The van der Waals surface area contributed by atoms with Crippen molar-refractivity contribution in [3.63, 3.8) is 0 Å². The maximum absolute atomic E-state index is 12.7. The van der Waals surface area contributed by atoms with E-state index in [4.69, 9.17) is 0 Å². The van der Waals surface area contributed by atoms with E-state index < -0.39 is 0 Å². The number of carbonyl (C=O) groups excluding carboxylic acids is 1. The monoisotopic (exact) mass is 297 g/mol. The number of hydrogen-bond acceptors (Lipinski definition) is 3. The second kappa shape index (κ2) is 4.70. The van der Waals surface area contributed by atoms with Crippen LogP contribution in [0.5, 0.6) is 0 Å². The van der Waals surface area contributed by atoms with E-state index in [-0.39, 0.29) is 5.91 Å². The minimum absolute atomic E-state index is 0.0721. The van der Waals surface area contributed by atoms with E-state index >= 15 is 0 Å². The van der Waals surface area contributed by atoms with Gasteiger partial charge in [0.15, 0.2) is 0 Å². The molecule has 1 aromatic carbocycles. The van der Waals surface area contributed by atoms with Crippen molar-refractivity contribution in [1.29, 1.82) is 0 Å².